The van der Waals surface area contributed by atoms with E-state index in [9.17, 15) is 4.79 Å². The smallest absolute Gasteiger partial charge is 0.255 e. The topological polar surface area (TPSA) is 69.0 Å². The fourth-order valence-electron chi connectivity index (χ4n) is 3.28. The molecule has 6 heteroatoms. The highest BCUT2D eigenvalue weighted by atomic mass is 16.5. The van der Waals surface area contributed by atoms with Crippen LogP contribution in [0.1, 0.15) is 15.9 Å². The summed E-state index contributed by atoms with van der Waals surface area (Å²) in [6, 6.07) is 21.3. The highest BCUT2D eigenvalue weighted by molar-refractivity contribution is 5.99. The van der Waals surface area contributed by atoms with E-state index < -0.39 is 0 Å². The molecule has 2 heterocycles. The third kappa shape index (κ3) is 4.22. The maximum atomic E-state index is 13.0. The van der Waals surface area contributed by atoms with E-state index >= 15 is 0 Å². The van der Waals surface area contributed by atoms with E-state index in [1.54, 1.807) is 30.4 Å². The van der Waals surface area contributed by atoms with E-state index in [4.69, 9.17) is 4.74 Å². The highest BCUT2D eigenvalue weighted by Gasteiger charge is 2.18. The number of methoxy groups -OCH3 is 1. The summed E-state index contributed by atoms with van der Waals surface area (Å²) in [6.45, 7) is 0.488. The molecule has 4 aromatic rings. The van der Waals surface area contributed by atoms with E-state index in [0.29, 0.717) is 24.2 Å². The minimum absolute atomic E-state index is 0.175. The summed E-state index contributed by atoms with van der Waals surface area (Å²) in [5.41, 5.74) is 3.83. The Bertz CT molecular complexity index is 1120. The third-order valence-corrected chi connectivity index (χ3v) is 4.79. The predicted molar refractivity (Wildman–Crippen MR) is 116 cm³/mol. The number of aromatic nitrogens is 3. The number of nitrogens with zero attached hydrogens (tertiary/aromatic N) is 3. The number of hydrogen-bond acceptors (Lipinski definition) is 4. The molecule has 1 amide bonds. The standard InChI is InChI=1S/C24H22N4O2/c1-30-22-12-6-5-8-18(22)13-15-26-24(29)21-17-28(20-10-3-2-4-11-20)27-23(21)19-9-7-14-25-16-19/h2-12,14,16-17H,13,15H2,1H3,(H,26,29). The first kappa shape index (κ1) is 19.4. The molecule has 150 valence electrons. The Balaban J connectivity index is 1.57. The number of benzene rings is 2. The van der Waals surface area contributed by atoms with Gasteiger partial charge in [0.1, 0.15) is 11.4 Å². The van der Waals surface area contributed by atoms with E-state index in [0.717, 1.165) is 22.6 Å². The van der Waals surface area contributed by atoms with Gasteiger partial charge >= 0.3 is 0 Å². The van der Waals surface area contributed by atoms with Crippen LogP contribution in [0.15, 0.2) is 85.3 Å². The van der Waals surface area contributed by atoms with Gasteiger partial charge in [0.2, 0.25) is 0 Å². The monoisotopic (exact) mass is 398 g/mol. The van der Waals surface area contributed by atoms with Crippen LogP contribution in [0.25, 0.3) is 16.9 Å². The number of nitrogens with one attached hydrogen (secondary N) is 1. The van der Waals surface area contributed by atoms with Gasteiger partial charge in [-0.05, 0) is 42.3 Å². The number of carbonyl (C=O) groups excluding carboxylic acids is 1. The molecule has 2 aromatic heterocycles. The molecule has 4 rings (SSSR count). The minimum Gasteiger partial charge on any atom is -0.496 e. The van der Waals surface area contributed by atoms with Crippen molar-refractivity contribution in [2.45, 2.75) is 6.42 Å². The molecule has 1 N–H and O–H groups in total. The van der Waals surface area contributed by atoms with E-state index in [1.807, 2.05) is 66.7 Å². The van der Waals surface area contributed by atoms with Gasteiger partial charge in [0.15, 0.2) is 0 Å². The van der Waals surface area contributed by atoms with E-state index in [2.05, 4.69) is 15.4 Å². The van der Waals surface area contributed by atoms with Gasteiger partial charge in [-0.25, -0.2) is 4.68 Å². The summed E-state index contributed by atoms with van der Waals surface area (Å²) >= 11 is 0. The van der Waals surface area contributed by atoms with Crippen LogP contribution in [0, 0.1) is 0 Å². The van der Waals surface area contributed by atoms with Crippen molar-refractivity contribution in [2.24, 2.45) is 0 Å². The molecule has 0 fully saturated rings. The third-order valence-electron chi connectivity index (χ3n) is 4.79. The fourth-order valence-corrected chi connectivity index (χ4v) is 3.28. The quantitative estimate of drug-likeness (QED) is 0.512. The Kier molecular flexibility index (Phi) is 5.85. The zero-order valence-corrected chi connectivity index (χ0v) is 16.7. The lowest BCUT2D eigenvalue weighted by Gasteiger charge is -2.09. The molecule has 0 bridgehead atoms. The second-order valence-electron chi connectivity index (χ2n) is 6.73. The summed E-state index contributed by atoms with van der Waals surface area (Å²) in [5, 5.41) is 7.67. The molecule has 0 radical (unpaired) electrons. The molecule has 30 heavy (non-hydrogen) atoms. The second-order valence-corrected chi connectivity index (χ2v) is 6.73. The first-order chi connectivity index (χ1) is 14.8. The van der Waals surface area contributed by atoms with Crippen LogP contribution in [0.4, 0.5) is 0 Å². The summed E-state index contributed by atoms with van der Waals surface area (Å²) < 4.78 is 7.10. The molecule has 2 aromatic carbocycles. The van der Waals surface area contributed by atoms with E-state index in [1.165, 1.54) is 0 Å². The number of amides is 1. The van der Waals surface area contributed by atoms with Gasteiger partial charge in [-0.2, -0.15) is 5.10 Å². The van der Waals surface area contributed by atoms with Crippen LogP contribution in [-0.2, 0) is 6.42 Å². The number of rotatable bonds is 7. The maximum absolute atomic E-state index is 13.0. The summed E-state index contributed by atoms with van der Waals surface area (Å²) in [6.07, 6.45) is 5.84. The van der Waals surface area contributed by atoms with Gasteiger partial charge in [-0.3, -0.25) is 9.78 Å². The van der Waals surface area contributed by atoms with Crippen LogP contribution in [0.3, 0.4) is 0 Å². The van der Waals surface area contributed by atoms with Crippen molar-refractivity contribution < 1.29 is 9.53 Å². The molecule has 0 atom stereocenters. The van der Waals surface area contributed by atoms with Crippen molar-refractivity contribution >= 4 is 5.91 Å². The normalized spacial score (nSPS) is 10.6. The van der Waals surface area contributed by atoms with Gasteiger partial charge < -0.3 is 10.1 Å². The number of ether oxygens (including phenoxy) is 1. The van der Waals surface area contributed by atoms with Gasteiger partial charge in [0, 0.05) is 30.7 Å². The summed E-state index contributed by atoms with van der Waals surface area (Å²) in [4.78, 5) is 17.2. The number of carbonyl (C=O) groups is 1. The Morgan fingerprint density at radius 2 is 1.83 bits per heavy atom. The summed E-state index contributed by atoms with van der Waals surface area (Å²) in [7, 11) is 1.65. The predicted octanol–water partition coefficient (Wildman–Crippen LogP) is 3.92. The molecule has 0 spiro atoms. The first-order valence-electron chi connectivity index (χ1n) is 9.72. The Hall–Kier alpha value is -3.93. The summed E-state index contributed by atoms with van der Waals surface area (Å²) in [5.74, 6) is 0.644. The molecule has 0 unspecified atom stereocenters. The number of para-hydroxylation sites is 2. The van der Waals surface area contributed by atoms with Crippen molar-refractivity contribution in [3.63, 3.8) is 0 Å². The Labute approximate surface area is 175 Å². The SMILES string of the molecule is COc1ccccc1CCNC(=O)c1cn(-c2ccccc2)nc1-c1cccnc1. The number of hydrogen-bond donors (Lipinski definition) is 1. The number of pyridine rings is 1. The van der Waals surface area contributed by atoms with Crippen LogP contribution in [0.2, 0.25) is 0 Å². The lowest BCUT2D eigenvalue weighted by atomic mass is 10.1. The van der Waals surface area contributed by atoms with Gasteiger partial charge in [0.25, 0.3) is 5.91 Å². The Morgan fingerprint density at radius 3 is 2.60 bits per heavy atom. The maximum Gasteiger partial charge on any atom is 0.255 e. The zero-order valence-electron chi connectivity index (χ0n) is 16.7. The first-order valence-corrected chi connectivity index (χ1v) is 9.72. The minimum atomic E-state index is -0.175. The fraction of sp³-hybridized carbons (Fsp3) is 0.125. The lowest BCUT2D eigenvalue weighted by Crippen LogP contribution is -2.26. The molecule has 0 aliphatic rings. The zero-order chi connectivity index (χ0) is 20.8. The van der Waals surface area contributed by atoms with Crippen molar-refractivity contribution in [1.29, 1.82) is 0 Å². The molecule has 0 aliphatic heterocycles. The second kappa shape index (κ2) is 9.05. The van der Waals surface area contributed by atoms with Gasteiger partial charge in [0.05, 0.1) is 18.4 Å². The largest absolute Gasteiger partial charge is 0.496 e. The highest BCUT2D eigenvalue weighted by Crippen LogP contribution is 2.23. The van der Waals surface area contributed by atoms with E-state index in [-0.39, 0.29) is 5.91 Å². The average Bonchev–Trinajstić information content (AvgIpc) is 3.26. The molecular weight excluding hydrogens is 376 g/mol. The lowest BCUT2D eigenvalue weighted by molar-refractivity contribution is 0.0954. The molecule has 6 nitrogen and oxygen atoms in total. The van der Waals surface area contributed by atoms with Crippen molar-refractivity contribution in [3.8, 4) is 22.7 Å². The molecule has 0 aliphatic carbocycles. The average molecular weight is 398 g/mol. The van der Waals surface area contributed by atoms with Crippen molar-refractivity contribution in [2.75, 3.05) is 13.7 Å². The van der Waals surface area contributed by atoms with Crippen LogP contribution < -0.4 is 10.1 Å². The van der Waals surface area contributed by atoms with Crippen LogP contribution >= 0.6 is 0 Å². The van der Waals surface area contributed by atoms with Gasteiger partial charge in [-0.1, -0.05) is 36.4 Å². The Morgan fingerprint density at radius 1 is 1.03 bits per heavy atom. The molecular formula is C24H22N4O2. The van der Waals surface area contributed by atoms with Crippen molar-refractivity contribution in [1.82, 2.24) is 20.1 Å². The van der Waals surface area contributed by atoms with Crippen LogP contribution in [-0.4, -0.2) is 34.3 Å². The van der Waals surface area contributed by atoms with Crippen LogP contribution in [0.5, 0.6) is 5.75 Å². The molecule has 0 saturated carbocycles. The van der Waals surface area contributed by atoms with Gasteiger partial charge in [-0.15, -0.1) is 0 Å². The van der Waals surface area contributed by atoms with Crippen molar-refractivity contribution in [3.05, 3.63) is 96.4 Å². The molecule has 0 saturated heterocycles.